The van der Waals surface area contributed by atoms with Gasteiger partial charge in [-0.3, -0.25) is 4.68 Å². The third kappa shape index (κ3) is 8.26. The highest BCUT2D eigenvalue weighted by atomic mass is 32.1. The SMILES string of the molecule is Cc1c(Nc2nc3cc(O[Si](C)(C)C(C)(C)C)ccc3s2)nnc2c1CCCN2c1ccc(-c2cnn(CC34CC5(C)CC(C)(C3)CC(OCCN3CCCC3)(C5)C4)c2C)c(C(=O)O)n1. The molecule has 0 amide bonds. The van der Waals surface area contributed by atoms with Crippen molar-refractivity contribution in [2.45, 2.75) is 143 Å². The van der Waals surface area contributed by atoms with Crippen LogP contribution in [0.15, 0.2) is 36.5 Å². The Kier molecular flexibility index (Phi) is 10.8. The number of thiazole rings is 1. The van der Waals surface area contributed by atoms with Gasteiger partial charge in [-0.1, -0.05) is 46.0 Å². The molecule has 346 valence electrons. The quantitative estimate of drug-likeness (QED) is 0.109. The van der Waals surface area contributed by atoms with Gasteiger partial charge < -0.3 is 29.4 Å². The van der Waals surface area contributed by atoms with Crippen LogP contribution in [-0.4, -0.2) is 92.6 Å². The van der Waals surface area contributed by atoms with E-state index in [1.165, 1.54) is 45.2 Å². The summed E-state index contributed by atoms with van der Waals surface area (Å²) in [6.45, 7) is 26.0. The normalized spacial score (nSPS) is 26.6. The van der Waals surface area contributed by atoms with Gasteiger partial charge in [0.15, 0.2) is 22.5 Å². The molecular formula is C50H67N9O4SSi. The molecule has 15 heteroatoms. The molecule has 5 fully saturated rings. The predicted octanol–water partition coefficient (Wildman–Crippen LogP) is 11.1. The van der Waals surface area contributed by atoms with Gasteiger partial charge in [-0.15, -0.1) is 10.2 Å². The van der Waals surface area contributed by atoms with Crippen LogP contribution in [0.1, 0.15) is 120 Å². The van der Waals surface area contributed by atoms with E-state index in [0.717, 1.165) is 95.3 Å². The molecule has 5 aromatic rings. The number of hydrogen-bond donors (Lipinski definition) is 2. The van der Waals surface area contributed by atoms with Crippen molar-refractivity contribution in [1.82, 2.24) is 34.8 Å². The fraction of sp³-hybridized carbons (Fsp3) is 0.600. The number of ether oxygens (including phenoxy) is 1. The number of pyridine rings is 1. The fourth-order valence-corrected chi connectivity index (χ4v) is 15.1. The van der Waals surface area contributed by atoms with Gasteiger partial charge in [0.1, 0.15) is 11.6 Å². The summed E-state index contributed by atoms with van der Waals surface area (Å²) in [6.07, 6.45) is 13.1. The predicted molar refractivity (Wildman–Crippen MR) is 261 cm³/mol. The Balaban J connectivity index is 0.875. The molecule has 2 atom stereocenters. The lowest BCUT2D eigenvalue weighted by Gasteiger charge is -2.69. The average Bonchev–Trinajstić information content (AvgIpc) is 3.97. The maximum atomic E-state index is 13.1. The van der Waals surface area contributed by atoms with Crippen LogP contribution in [0.3, 0.4) is 0 Å². The summed E-state index contributed by atoms with van der Waals surface area (Å²) in [7, 11) is -1.99. The minimum absolute atomic E-state index is 0.00845. The van der Waals surface area contributed by atoms with E-state index in [0.29, 0.717) is 29.6 Å². The van der Waals surface area contributed by atoms with Crippen molar-refractivity contribution in [3.8, 4) is 16.9 Å². The summed E-state index contributed by atoms with van der Waals surface area (Å²) >= 11 is 1.57. The fourth-order valence-electron chi connectivity index (χ4n) is 13.2. The van der Waals surface area contributed by atoms with Crippen LogP contribution in [0.2, 0.25) is 18.1 Å². The molecule has 2 unspecified atom stereocenters. The van der Waals surface area contributed by atoms with Gasteiger partial charge in [0, 0.05) is 53.6 Å². The van der Waals surface area contributed by atoms with E-state index in [9.17, 15) is 9.90 Å². The maximum Gasteiger partial charge on any atom is 0.355 e. The zero-order valence-electron chi connectivity index (χ0n) is 39.9. The number of carboxylic acid groups (broad SMARTS) is 1. The van der Waals surface area contributed by atoms with Crippen molar-refractivity contribution in [3.63, 3.8) is 0 Å². The Labute approximate surface area is 388 Å². The second-order valence-corrected chi connectivity index (χ2v) is 28.6. The Morgan fingerprint density at radius 1 is 0.923 bits per heavy atom. The highest BCUT2D eigenvalue weighted by Crippen LogP contribution is 2.72. The van der Waals surface area contributed by atoms with E-state index >= 15 is 0 Å². The second-order valence-electron chi connectivity index (χ2n) is 22.8. The van der Waals surface area contributed by atoms with Crippen LogP contribution >= 0.6 is 11.3 Å². The lowest BCUT2D eigenvalue weighted by molar-refractivity contribution is -0.248. The Bertz CT molecular complexity index is 2650. The van der Waals surface area contributed by atoms with Gasteiger partial charge in [0.25, 0.3) is 0 Å². The van der Waals surface area contributed by atoms with Gasteiger partial charge in [-0.05, 0) is 150 Å². The van der Waals surface area contributed by atoms with Crippen LogP contribution in [-0.2, 0) is 17.7 Å². The van der Waals surface area contributed by atoms with Crippen molar-refractivity contribution < 1.29 is 19.1 Å². The van der Waals surface area contributed by atoms with E-state index in [1.54, 1.807) is 11.3 Å². The van der Waals surface area contributed by atoms with Crippen molar-refractivity contribution in [1.29, 1.82) is 0 Å². The van der Waals surface area contributed by atoms with Gasteiger partial charge in [-0.2, -0.15) is 5.10 Å². The first kappa shape index (κ1) is 44.4. The van der Waals surface area contributed by atoms with E-state index in [4.69, 9.17) is 29.3 Å². The molecule has 4 aromatic heterocycles. The summed E-state index contributed by atoms with van der Waals surface area (Å²) in [6, 6.07) is 9.97. The Hall–Kier alpha value is -4.44. The van der Waals surface area contributed by atoms with Crippen molar-refractivity contribution >= 4 is 58.4 Å². The average molecular weight is 918 g/mol. The summed E-state index contributed by atoms with van der Waals surface area (Å²) < 4.78 is 16.8. The minimum Gasteiger partial charge on any atom is -0.543 e. The van der Waals surface area contributed by atoms with Crippen molar-refractivity contribution in [2.24, 2.45) is 16.2 Å². The second kappa shape index (κ2) is 15.8. The lowest BCUT2D eigenvalue weighted by atomic mass is 9.39. The smallest absolute Gasteiger partial charge is 0.355 e. The number of nitrogens with zero attached hydrogens (tertiary/aromatic N) is 8. The van der Waals surface area contributed by atoms with Gasteiger partial charge in [-0.25, -0.2) is 14.8 Å². The first-order valence-corrected chi connectivity index (χ1v) is 27.6. The Morgan fingerprint density at radius 3 is 2.40 bits per heavy atom. The van der Waals surface area contributed by atoms with Gasteiger partial charge in [0.05, 0.1) is 28.6 Å². The summed E-state index contributed by atoms with van der Waals surface area (Å²) in [5.41, 5.74) is 5.75. The largest absolute Gasteiger partial charge is 0.543 e. The zero-order valence-corrected chi connectivity index (χ0v) is 41.8. The first-order chi connectivity index (χ1) is 30.7. The summed E-state index contributed by atoms with van der Waals surface area (Å²) in [4.78, 5) is 27.4. The number of rotatable bonds is 13. The Morgan fingerprint density at radius 2 is 1.68 bits per heavy atom. The number of aromatic carboxylic acids is 1. The van der Waals surface area contributed by atoms with Crippen LogP contribution < -0.4 is 14.6 Å². The third-order valence-corrected chi connectivity index (χ3v) is 21.4. The molecule has 1 aromatic carbocycles. The number of hydrogen-bond acceptors (Lipinski definition) is 12. The van der Waals surface area contributed by atoms with Crippen LogP contribution in [0.25, 0.3) is 21.3 Å². The highest BCUT2D eigenvalue weighted by molar-refractivity contribution is 7.22. The third-order valence-electron chi connectivity index (χ3n) is 16.1. The molecule has 0 radical (unpaired) electrons. The van der Waals surface area contributed by atoms with E-state index in [1.807, 2.05) is 35.4 Å². The molecule has 1 saturated heterocycles. The lowest BCUT2D eigenvalue weighted by Crippen LogP contribution is -2.64. The number of anilines is 4. The van der Waals surface area contributed by atoms with Gasteiger partial charge in [0.2, 0.25) is 8.32 Å². The van der Waals surface area contributed by atoms with Gasteiger partial charge >= 0.3 is 5.97 Å². The molecule has 4 saturated carbocycles. The molecule has 65 heavy (non-hydrogen) atoms. The van der Waals surface area contributed by atoms with E-state index in [2.05, 4.69) is 87.6 Å². The molecule has 2 N–H and O–H groups in total. The van der Waals surface area contributed by atoms with Crippen molar-refractivity contribution in [2.75, 3.05) is 43.0 Å². The zero-order chi connectivity index (χ0) is 45.7. The van der Waals surface area contributed by atoms with Crippen LogP contribution in [0.5, 0.6) is 5.75 Å². The maximum absolute atomic E-state index is 13.1. The first-order valence-electron chi connectivity index (χ1n) is 23.9. The summed E-state index contributed by atoms with van der Waals surface area (Å²) in [5, 5.41) is 29.3. The molecule has 0 spiro atoms. The monoisotopic (exact) mass is 917 g/mol. The van der Waals surface area contributed by atoms with Crippen molar-refractivity contribution in [3.05, 3.63) is 59.0 Å². The topological polar surface area (TPSA) is 144 Å². The summed E-state index contributed by atoms with van der Waals surface area (Å²) in [5.74, 6) is 1.67. The van der Waals surface area contributed by atoms with E-state index in [-0.39, 0.29) is 32.6 Å². The molecule has 13 nitrogen and oxygen atoms in total. The molecule has 6 heterocycles. The molecule has 4 bridgehead atoms. The van der Waals surface area contributed by atoms with E-state index < -0.39 is 14.3 Å². The van der Waals surface area contributed by atoms with Crippen LogP contribution in [0, 0.1) is 30.1 Å². The minimum atomic E-state index is -1.99. The molecule has 4 aliphatic carbocycles. The number of carboxylic acids is 1. The standard InChI is InChI=1S/C50H67N9O4SSi/c1-32-35-13-12-20-58(43(35)56-55-42(32)54-45-52-38-23-34(14-16-39(38)64-45)63-65(8,9)46(3,4)5)40-17-15-36(41(53-40)44(60)61)37-24-51-59(33(37)2)31-49-26-47(6)25-48(7,27-49)29-50(28-47,30-49)62-22-21-57-18-10-11-19-57/h14-17,23-24H,10-13,18-22,25-31H2,1-9H3,(H,60,61)(H,52,54,55). The number of benzene rings is 1. The molecular weight excluding hydrogens is 851 g/mol. The number of nitrogens with one attached hydrogen (secondary N) is 1. The molecule has 11 rings (SSSR count). The molecule has 2 aliphatic heterocycles. The number of fused-ring (bicyclic) bond motifs is 2. The van der Waals surface area contributed by atoms with Crippen LogP contribution in [0.4, 0.5) is 22.6 Å². The number of carbonyl (C=O) groups is 1. The number of aromatic nitrogens is 6. The highest BCUT2D eigenvalue weighted by Gasteiger charge is 2.66. The molecule has 6 aliphatic rings. The number of likely N-dealkylation sites (tertiary alicyclic amines) is 1.